The SMILES string of the molecule is C[Si](C)(C)OC(=O)[C@@H]1C[C@H](O[Si](C)(C)C)CN1C(=O)CI. The summed E-state index contributed by atoms with van der Waals surface area (Å²) in [6.45, 7) is 12.8. The van der Waals surface area contributed by atoms with Gasteiger partial charge in [-0.05, 0) is 39.3 Å². The minimum Gasteiger partial charge on any atom is -0.518 e. The highest BCUT2D eigenvalue weighted by molar-refractivity contribution is 14.1. The smallest absolute Gasteiger partial charge is 0.315 e. The average molecular weight is 443 g/mol. The third-order valence-electron chi connectivity index (χ3n) is 2.90. The second-order valence-electron chi connectivity index (χ2n) is 7.32. The van der Waals surface area contributed by atoms with Crippen LogP contribution in [0.1, 0.15) is 6.42 Å². The number of hydrogen-bond acceptors (Lipinski definition) is 4. The summed E-state index contributed by atoms with van der Waals surface area (Å²) < 4.78 is 12.0. The van der Waals surface area contributed by atoms with E-state index in [1.807, 2.05) is 42.2 Å². The molecule has 1 heterocycles. The number of hydrogen-bond donors (Lipinski definition) is 0. The van der Waals surface area contributed by atoms with E-state index in [0.29, 0.717) is 17.4 Å². The van der Waals surface area contributed by atoms with Crippen LogP contribution >= 0.6 is 22.6 Å². The number of rotatable bonds is 5. The molecular formula is C13H26INO4Si2. The highest BCUT2D eigenvalue weighted by Gasteiger charge is 2.42. The number of likely N-dealkylation sites (tertiary alicyclic amines) is 1. The van der Waals surface area contributed by atoms with Crippen LogP contribution in [-0.4, -0.2) is 56.5 Å². The highest BCUT2D eigenvalue weighted by atomic mass is 127. The predicted octanol–water partition coefficient (Wildman–Crippen LogP) is 2.62. The molecule has 0 aromatic carbocycles. The molecule has 0 aliphatic carbocycles. The normalized spacial score (nSPS) is 23.3. The maximum atomic E-state index is 12.4. The van der Waals surface area contributed by atoms with Crippen molar-refractivity contribution >= 4 is 51.1 Å². The van der Waals surface area contributed by atoms with Gasteiger partial charge in [0.15, 0.2) is 8.32 Å². The van der Waals surface area contributed by atoms with E-state index in [1.54, 1.807) is 4.90 Å². The van der Waals surface area contributed by atoms with Crippen LogP contribution in [0.2, 0.25) is 39.3 Å². The molecule has 8 heteroatoms. The van der Waals surface area contributed by atoms with Crippen LogP contribution in [0.3, 0.4) is 0 Å². The van der Waals surface area contributed by atoms with Gasteiger partial charge in [0.2, 0.25) is 14.2 Å². The fourth-order valence-electron chi connectivity index (χ4n) is 2.33. The molecule has 5 nitrogen and oxygen atoms in total. The number of carbonyl (C=O) groups is 2. The first-order chi connectivity index (χ1) is 9.43. The van der Waals surface area contributed by atoms with Gasteiger partial charge in [-0.2, -0.15) is 0 Å². The summed E-state index contributed by atoms with van der Waals surface area (Å²) in [6.07, 6.45) is 0.499. The Morgan fingerprint density at radius 1 is 1.14 bits per heavy atom. The van der Waals surface area contributed by atoms with Crippen LogP contribution in [0.5, 0.6) is 0 Å². The van der Waals surface area contributed by atoms with Gasteiger partial charge in [0.1, 0.15) is 6.04 Å². The Bertz CT molecular complexity index is 406. The van der Waals surface area contributed by atoms with Crippen LogP contribution in [0.15, 0.2) is 0 Å². The highest BCUT2D eigenvalue weighted by Crippen LogP contribution is 2.25. The van der Waals surface area contributed by atoms with E-state index in [1.165, 1.54) is 0 Å². The van der Waals surface area contributed by atoms with Crippen molar-refractivity contribution in [3.63, 3.8) is 0 Å². The number of halogens is 1. The molecule has 122 valence electrons. The molecule has 1 rings (SSSR count). The van der Waals surface area contributed by atoms with Crippen molar-refractivity contribution in [2.45, 2.75) is 57.8 Å². The zero-order chi connectivity index (χ0) is 16.4. The van der Waals surface area contributed by atoms with Gasteiger partial charge in [0.25, 0.3) is 0 Å². The fourth-order valence-corrected chi connectivity index (χ4v) is 4.68. The summed E-state index contributed by atoms with van der Waals surface area (Å²) in [7, 11) is -3.64. The lowest BCUT2D eigenvalue weighted by Gasteiger charge is -2.26. The Kier molecular flexibility index (Phi) is 6.45. The first-order valence-corrected chi connectivity index (χ1v) is 15.5. The maximum absolute atomic E-state index is 12.4. The maximum Gasteiger partial charge on any atom is 0.315 e. The summed E-state index contributed by atoms with van der Waals surface area (Å²) >= 11 is 2.03. The van der Waals surface area contributed by atoms with E-state index < -0.39 is 22.7 Å². The van der Waals surface area contributed by atoms with Crippen molar-refractivity contribution < 1.29 is 18.4 Å². The Hall–Kier alpha value is 0.0638. The van der Waals surface area contributed by atoms with Gasteiger partial charge in [-0.15, -0.1) is 0 Å². The monoisotopic (exact) mass is 443 g/mol. The van der Waals surface area contributed by atoms with E-state index in [-0.39, 0.29) is 18.0 Å². The van der Waals surface area contributed by atoms with Crippen LogP contribution in [0.4, 0.5) is 0 Å². The summed E-state index contributed by atoms with van der Waals surface area (Å²) in [4.78, 5) is 26.1. The Balaban J connectivity index is 2.83. The van der Waals surface area contributed by atoms with Gasteiger partial charge in [-0.3, -0.25) is 9.59 Å². The second-order valence-corrected chi connectivity index (χ2v) is 17.0. The first kappa shape index (κ1) is 19.1. The molecule has 1 aliphatic heterocycles. The molecule has 1 saturated heterocycles. The van der Waals surface area contributed by atoms with Crippen molar-refractivity contribution in [3.05, 3.63) is 0 Å². The molecule has 0 aromatic heterocycles. The van der Waals surface area contributed by atoms with E-state index in [4.69, 9.17) is 8.85 Å². The standard InChI is InChI=1S/C13H26INO4Si2/c1-20(2,3)18-10-7-11(13(17)19-21(4,5)6)15(9-10)12(16)8-14/h10-11H,7-9H2,1-6H3/t10-,11-/m0/s1. The molecule has 0 radical (unpaired) electrons. The van der Waals surface area contributed by atoms with Gasteiger partial charge in [-0.1, -0.05) is 22.6 Å². The molecule has 0 N–H and O–H groups in total. The Morgan fingerprint density at radius 2 is 1.71 bits per heavy atom. The third-order valence-corrected chi connectivity index (χ3v) is 5.40. The topological polar surface area (TPSA) is 55.8 Å². The lowest BCUT2D eigenvalue weighted by atomic mass is 10.2. The number of carbonyl (C=O) groups excluding carboxylic acids is 2. The van der Waals surface area contributed by atoms with Crippen molar-refractivity contribution in [1.82, 2.24) is 4.90 Å². The summed E-state index contributed by atoms with van der Waals surface area (Å²) in [5.41, 5.74) is 0. The molecular weight excluding hydrogens is 417 g/mol. The van der Waals surface area contributed by atoms with E-state index in [0.717, 1.165) is 0 Å². The lowest BCUT2D eigenvalue weighted by Crippen LogP contribution is -2.45. The quantitative estimate of drug-likeness (QED) is 0.373. The number of nitrogens with zero attached hydrogens (tertiary/aromatic N) is 1. The second kappa shape index (κ2) is 7.09. The van der Waals surface area contributed by atoms with E-state index in [2.05, 4.69) is 19.6 Å². The Morgan fingerprint density at radius 3 is 2.14 bits per heavy atom. The summed E-state index contributed by atoms with van der Waals surface area (Å²) in [5, 5.41) is 0. The van der Waals surface area contributed by atoms with Crippen LogP contribution in [0, 0.1) is 0 Å². The van der Waals surface area contributed by atoms with Gasteiger partial charge < -0.3 is 13.8 Å². The summed E-state index contributed by atoms with van der Waals surface area (Å²) in [5.74, 6) is -0.288. The molecule has 1 amide bonds. The van der Waals surface area contributed by atoms with Gasteiger partial charge in [0, 0.05) is 13.0 Å². The summed E-state index contributed by atoms with van der Waals surface area (Å²) in [6, 6.07) is -0.486. The van der Waals surface area contributed by atoms with Crippen LogP contribution in [0.25, 0.3) is 0 Å². The largest absolute Gasteiger partial charge is 0.518 e. The number of amides is 1. The molecule has 0 saturated carbocycles. The van der Waals surface area contributed by atoms with Crippen molar-refractivity contribution in [2.75, 3.05) is 11.0 Å². The number of alkyl halides is 1. The van der Waals surface area contributed by atoms with Gasteiger partial charge >= 0.3 is 5.97 Å². The van der Waals surface area contributed by atoms with Crippen LogP contribution < -0.4 is 0 Å². The Labute approximate surface area is 143 Å². The molecule has 1 aliphatic rings. The van der Waals surface area contributed by atoms with Crippen molar-refractivity contribution in [2.24, 2.45) is 0 Å². The van der Waals surface area contributed by atoms with Crippen molar-refractivity contribution in [1.29, 1.82) is 0 Å². The average Bonchev–Trinajstić information content (AvgIpc) is 2.67. The molecule has 0 bridgehead atoms. The first-order valence-electron chi connectivity index (χ1n) is 7.19. The third kappa shape index (κ3) is 6.37. The van der Waals surface area contributed by atoms with Crippen molar-refractivity contribution in [3.8, 4) is 0 Å². The minimum atomic E-state index is -1.95. The fraction of sp³-hybridized carbons (Fsp3) is 0.846. The van der Waals surface area contributed by atoms with Gasteiger partial charge in [0.05, 0.1) is 10.5 Å². The molecule has 0 spiro atoms. The minimum absolute atomic E-state index is 0.0187. The molecule has 1 fully saturated rings. The lowest BCUT2D eigenvalue weighted by molar-refractivity contribution is -0.145. The zero-order valence-electron chi connectivity index (χ0n) is 13.7. The van der Waals surface area contributed by atoms with Gasteiger partial charge in [-0.25, -0.2) is 0 Å². The molecule has 21 heavy (non-hydrogen) atoms. The van der Waals surface area contributed by atoms with E-state index >= 15 is 0 Å². The molecule has 2 atom stereocenters. The van der Waals surface area contributed by atoms with E-state index in [9.17, 15) is 9.59 Å². The molecule has 0 aromatic rings. The molecule has 0 unspecified atom stereocenters. The zero-order valence-corrected chi connectivity index (χ0v) is 17.9. The predicted molar refractivity (Wildman–Crippen MR) is 96.7 cm³/mol. The van der Waals surface area contributed by atoms with Crippen LogP contribution in [-0.2, 0) is 18.4 Å².